The van der Waals surface area contributed by atoms with Crippen molar-refractivity contribution in [1.82, 2.24) is 14.5 Å². The Morgan fingerprint density at radius 1 is 1.18 bits per heavy atom. The number of hydrogen-bond donors (Lipinski definition) is 1. The van der Waals surface area contributed by atoms with Gasteiger partial charge in [0, 0.05) is 19.5 Å². The summed E-state index contributed by atoms with van der Waals surface area (Å²) in [4.78, 5) is 44.7. The van der Waals surface area contributed by atoms with E-state index in [0.717, 1.165) is 11.0 Å². The third-order valence-electron chi connectivity index (χ3n) is 8.89. The number of carbonyl (C=O) groups is 3. The number of halogens is 3. The number of imidazole rings is 1. The molecule has 1 aromatic carbocycles. The molecule has 2 heterocycles. The van der Waals surface area contributed by atoms with Crippen molar-refractivity contribution in [2.75, 3.05) is 13.1 Å². The first-order valence-corrected chi connectivity index (χ1v) is 13.7. The summed E-state index contributed by atoms with van der Waals surface area (Å²) in [5.41, 5.74) is -1.40. The number of carbonyl (C=O) groups excluding carboxylic acids is 2. The summed E-state index contributed by atoms with van der Waals surface area (Å²) in [6.07, 6.45) is -4.06. The molecule has 1 spiro atoms. The van der Waals surface area contributed by atoms with Crippen LogP contribution in [0.3, 0.4) is 0 Å². The molecule has 218 valence electrons. The van der Waals surface area contributed by atoms with Gasteiger partial charge in [-0.05, 0) is 74.3 Å². The SMILES string of the molecule is CC(C)C[C@H]1C2C3(C[C@@H](C(=O)O)CN(C(=O)OC(C)(C)C)C3)C21CC(=O)c1nc2ccccc2n1CC(F)(F)F. The van der Waals surface area contributed by atoms with Crippen LogP contribution in [0.15, 0.2) is 24.3 Å². The van der Waals surface area contributed by atoms with E-state index in [0.29, 0.717) is 17.9 Å². The predicted octanol–water partition coefficient (Wildman–Crippen LogP) is 5.79. The predicted molar refractivity (Wildman–Crippen MR) is 140 cm³/mol. The smallest absolute Gasteiger partial charge is 0.410 e. The number of nitrogens with zero attached hydrogens (tertiary/aromatic N) is 3. The number of alkyl halides is 3. The van der Waals surface area contributed by atoms with E-state index in [1.54, 1.807) is 39.0 Å². The van der Waals surface area contributed by atoms with E-state index in [1.807, 2.05) is 0 Å². The first-order valence-electron chi connectivity index (χ1n) is 13.7. The Balaban J connectivity index is 1.48. The zero-order valence-electron chi connectivity index (χ0n) is 23.4. The van der Waals surface area contributed by atoms with Gasteiger partial charge in [0.1, 0.15) is 12.1 Å². The summed E-state index contributed by atoms with van der Waals surface area (Å²) in [6.45, 7) is 8.28. The summed E-state index contributed by atoms with van der Waals surface area (Å²) in [6, 6.07) is 6.36. The normalized spacial score (nSPS) is 29.5. The maximum Gasteiger partial charge on any atom is 0.410 e. The number of amides is 1. The number of ketones is 1. The van der Waals surface area contributed by atoms with E-state index in [4.69, 9.17) is 4.74 Å². The van der Waals surface area contributed by atoms with Crippen molar-refractivity contribution in [1.29, 1.82) is 0 Å². The third kappa shape index (κ3) is 4.75. The molecule has 5 rings (SSSR count). The molecule has 3 fully saturated rings. The monoisotopic (exact) mass is 563 g/mol. The van der Waals surface area contributed by atoms with Crippen molar-refractivity contribution in [3.05, 3.63) is 30.1 Å². The van der Waals surface area contributed by atoms with Gasteiger partial charge in [-0.1, -0.05) is 26.0 Å². The number of aromatic nitrogens is 2. The first kappa shape index (κ1) is 28.4. The van der Waals surface area contributed by atoms with Crippen LogP contribution in [0.1, 0.15) is 64.5 Å². The highest BCUT2D eigenvalue weighted by Crippen LogP contribution is 2.95. The van der Waals surface area contributed by atoms with Crippen LogP contribution >= 0.6 is 0 Å². The quantitative estimate of drug-likeness (QED) is 0.428. The minimum absolute atomic E-state index is 0.0129. The standard InChI is InChI=1S/C29H36F3N3O5/c1-16(2)10-18-22-27(11-17(24(37)38)13-34(14-27)25(39)40-26(3,4)5)28(18,22)12-21(36)23-33-19-8-6-7-9-20(19)35(23)15-29(30,31)32/h6-9,16-18,22H,10-15H2,1-5H3,(H,37,38)/t17-,18+,22?,27?,28?/m1/s1. The van der Waals surface area contributed by atoms with Crippen LogP contribution in [0.4, 0.5) is 18.0 Å². The number of carboxylic acids is 1. The third-order valence-corrected chi connectivity index (χ3v) is 8.89. The topological polar surface area (TPSA) is 102 Å². The Hall–Kier alpha value is -3.11. The molecule has 11 heteroatoms. The van der Waals surface area contributed by atoms with Crippen LogP contribution in [-0.4, -0.2) is 62.3 Å². The van der Waals surface area contributed by atoms with Crippen LogP contribution in [0, 0.1) is 34.5 Å². The Morgan fingerprint density at radius 2 is 1.85 bits per heavy atom. The van der Waals surface area contributed by atoms with Crippen LogP contribution < -0.4 is 0 Å². The molecule has 5 atom stereocenters. The van der Waals surface area contributed by atoms with Gasteiger partial charge < -0.3 is 19.3 Å². The molecule has 1 amide bonds. The van der Waals surface area contributed by atoms with Crippen molar-refractivity contribution >= 4 is 28.9 Å². The minimum Gasteiger partial charge on any atom is -0.481 e. The highest BCUT2D eigenvalue weighted by Gasteiger charge is 2.94. The second-order valence-corrected chi connectivity index (χ2v) is 13.2. The van der Waals surface area contributed by atoms with Crippen molar-refractivity contribution in [3.8, 4) is 0 Å². The first-order chi connectivity index (χ1) is 18.5. The second-order valence-electron chi connectivity index (χ2n) is 13.2. The van der Waals surface area contributed by atoms with Gasteiger partial charge in [-0.15, -0.1) is 0 Å². The molecule has 2 saturated carbocycles. The van der Waals surface area contributed by atoms with Gasteiger partial charge in [-0.3, -0.25) is 9.59 Å². The number of fused-ring (bicyclic) bond motifs is 4. The lowest BCUT2D eigenvalue weighted by Crippen LogP contribution is -2.52. The number of rotatable bonds is 7. The number of hydrogen-bond acceptors (Lipinski definition) is 5. The fourth-order valence-corrected chi connectivity index (χ4v) is 7.58. The van der Waals surface area contributed by atoms with Gasteiger partial charge in [0.2, 0.25) is 0 Å². The molecule has 40 heavy (non-hydrogen) atoms. The van der Waals surface area contributed by atoms with Crippen LogP contribution in [-0.2, 0) is 16.1 Å². The number of carboxylic acid groups (broad SMARTS) is 1. The van der Waals surface area contributed by atoms with Crippen molar-refractivity contribution < 1.29 is 37.4 Å². The van der Waals surface area contributed by atoms with E-state index in [1.165, 1.54) is 11.0 Å². The summed E-state index contributed by atoms with van der Waals surface area (Å²) < 4.78 is 47.1. The molecule has 0 radical (unpaired) electrons. The van der Waals surface area contributed by atoms with E-state index < -0.39 is 52.9 Å². The van der Waals surface area contributed by atoms with E-state index in [9.17, 15) is 32.7 Å². The number of benzene rings is 1. The number of aliphatic carboxylic acids is 1. The van der Waals surface area contributed by atoms with Crippen LogP contribution in [0.5, 0.6) is 0 Å². The van der Waals surface area contributed by atoms with Gasteiger partial charge in [0.15, 0.2) is 11.6 Å². The lowest BCUT2D eigenvalue weighted by Gasteiger charge is -2.43. The van der Waals surface area contributed by atoms with Gasteiger partial charge in [-0.2, -0.15) is 13.2 Å². The molecule has 1 aromatic heterocycles. The zero-order chi connectivity index (χ0) is 29.4. The maximum atomic E-state index is 13.8. The van der Waals surface area contributed by atoms with E-state index in [2.05, 4.69) is 18.8 Å². The summed E-state index contributed by atoms with van der Waals surface area (Å²) in [5.74, 6) is -2.11. The van der Waals surface area contributed by atoms with E-state index in [-0.39, 0.29) is 42.7 Å². The number of Topliss-reactive ketones (excluding diaryl/α,β-unsaturated/α-hetero) is 1. The highest BCUT2D eigenvalue weighted by molar-refractivity contribution is 5.98. The fourth-order valence-electron chi connectivity index (χ4n) is 7.58. The van der Waals surface area contributed by atoms with Gasteiger partial charge in [0.25, 0.3) is 0 Å². The molecule has 3 unspecified atom stereocenters. The minimum atomic E-state index is -4.55. The van der Waals surface area contributed by atoms with Gasteiger partial charge in [0.05, 0.1) is 17.0 Å². The molecule has 2 aliphatic carbocycles. The fraction of sp³-hybridized carbons (Fsp3) is 0.655. The molecule has 1 N–H and O–H groups in total. The zero-order valence-corrected chi connectivity index (χ0v) is 23.4. The summed E-state index contributed by atoms with van der Waals surface area (Å²) in [5, 5.41) is 9.95. The summed E-state index contributed by atoms with van der Waals surface area (Å²) in [7, 11) is 0. The molecule has 8 nitrogen and oxygen atoms in total. The van der Waals surface area contributed by atoms with Gasteiger partial charge >= 0.3 is 18.2 Å². The number of para-hydroxylation sites is 2. The number of likely N-dealkylation sites (tertiary alicyclic amines) is 1. The number of piperidine rings is 1. The Kier molecular flexibility index (Phi) is 6.54. The Labute approximate surface area is 230 Å². The maximum absolute atomic E-state index is 13.8. The second kappa shape index (κ2) is 9.21. The average Bonchev–Trinajstić information content (AvgIpc) is 3.56. The van der Waals surface area contributed by atoms with E-state index >= 15 is 0 Å². The van der Waals surface area contributed by atoms with Crippen LogP contribution in [0.25, 0.3) is 11.0 Å². The lowest BCUT2D eigenvalue weighted by molar-refractivity contribution is -0.145. The molecule has 2 aromatic rings. The molecule has 1 saturated heterocycles. The molecule has 0 bridgehead atoms. The molecular weight excluding hydrogens is 527 g/mol. The Bertz CT molecular complexity index is 1360. The van der Waals surface area contributed by atoms with Crippen molar-refractivity contribution in [3.63, 3.8) is 0 Å². The Morgan fingerprint density at radius 3 is 2.45 bits per heavy atom. The van der Waals surface area contributed by atoms with Gasteiger partial charge in [-0.25, -0.2) is 9.78 Å². The lowest BCUT2D eigenvalue weighted by atomic mass is 9.69. The summed E-state index contributed by atoms with van der Waals surface area (Å²) >= 11 is 0. The average molecular weight is 564 g/mol. The largest absolute Gasteiger partial charge is 0.481 e. The molecule has 1 aliphatic heterocycles. The number of ether oxygens (including phenoxy) is 1. The molecular formula is C29H36F3N3O5. The molecule has 3 aliphatic rings. The van der Waals surface area contributed by atoms with Crippen LogP contribution in [0.2, 0.25) is 0 Å². The van der Waals surface area contributed by atoms with Crippen molar-refractivity contribution in [2.24, 2.45) is 34.5 Å². The van der Waals surface area contributed by atoms with Crippen molar-refractivity contribution in [2.45, 2.75) is 72.2 Å². The highest BCUT2D eigenvalue weighted by atomic mass is 19.4.